The summed E-state index contributed by atoms with van der Waals surface area (Å²) in [5, 5.41) is 11.7. The molecule has 4 heterocycles. The van der Waals surface area contributed by atoms with Gasteiger partial charge in [0.05, 0.1) is 10.2 Å². The molecule has 0 atom stereocenters. The van der Waals surface area contributed by atoms with Gasteiger partial charge < -0.3 is 0 Å². The number of hydrogen-bond acceptors (Lipinski definition) is 6. The first-order chi connectivity index (χ1) is 18.2. The van der Waals surface area contributed by atoms with E-state index < -0.39 is 0 Å². The topological polar surface area (TPSA) is 78.0 Å². The Labute approximate surface area is 214 Å². The van der Waals surface area contributed by atoms with Crippen LogP contribution < -0.4 is 10.1 Å². The Hall–Kier alpha value is -4.95. The van der Waals surface area contributed by atoms with Gasteiger partial charge in [-0.2, -0.15) is 14.6 Å². The molecule has 0 unspecified atom stereocenters. The van der Waals surface area contributed by atoms with Gasteiger partial charge in [0.2, 0.25) is 4.96 Å². The summed E-state index contributed by atoms with van der Waals surface area (Å²) in [5.41, 5.74) is 4.17. The van der Waals surface area contributed by atoms with E-state index in [1.807, 2.05) is 71.6 Å². The molecule has 7 rings (SSSR count). The number of benzene rings is 3. The molecule has 176 valence electrons. The molecule has 0 bridgehead atoms. The van der Waals surface area contributed by atoms with Crippen LogP contribution in [0.3, 0.4) is 0 Å². The second-order valence-electron chi connectivity index (χ2n) is 8.56. The lowest BCUT2D eigenvalue weighted by Crippen LogP contribution is -2.23. The maximum Gasteiger partial charge on any atom is 0.291 e. The number of pyridine rings is 1. The molecule has 0 aliphatic carbocycles. The van der Waals surface area contributed by atoms with Crippen LogP contribution in [0.15, 0.2) is 108 Å². The average Bonchev–Trinajstić information content (AvgIpc) is 3.64. The van der Waals surface area contributed by atoms with Crippen molar-refractivity contribution in [2.75, 3.05) is 0 Å². The summed E-state index contributed by atoms with van der Waals surface area (Å²) in [4.78, 5) is 22.4. The molecule has 0 spiro atoms. The Morgan fingerprint density at radius 2 is 1.57 bits per heavy atom. The van der Waals surface area contributed by atoms with Crippen LogP contribution in [0.4, 0.5) is 0 Å². The van der Waals surface area contributed by atoms with Crippen LogP contribution in [0, 0.1) is 0 Å². The van der Waals surface area contributed by atoms with Gasteiger partial charge in [-0.25, -0.2) is 4.68 Å². The monoisotopic (exact) mass is 498 g/mol. The Morgan fingerprint density at radius 1 is 0.784 bits per heavy atom. The summed E-state index contributed by atoms with van der Waals surface area (Å²) in [6.45, 7) is 0. The number of hydrogen-bond donors (Lipinski definition) is 0. The summed E-state index contributed by atoms with van der Waals surface area (Å²) < 4.78 is 3.76. The van der Waals surface area contributed by atoms with Gasteiger partial charge in [-0.15, -0.1) is 5.10 Å². The zero-order valence-corrected chi connectivity index (χ0v) is 20.2. The molecule has 7 aromatic rings. The molecular weight excluding hydrogens is 480 g/mol. The quantitative estimate of drug-likeness (QED) is 0.350. The Bertz CT molecular complexity index is 2010. The summed E-state index contributed by atoms with van der Waals surface area (Å²) in [6.07, 6.45) is 7.20. The summed E-state index contributed by atoms with van der Waals surface area (Å²) in [7, 11) is 0. The molecule has 0 aliphatic heterocycles. The lowest BCUT2D eigenvalue weighted by Gasteiger charge is -2.03. The van der Waals surface area contributed by atoms with E-state index in [0.29, 0.717) is 15.3 Å². The third-order valence-electron chi connectivity index (χ3n) is 6.19. The number of fused-ring (bicyclic) bond motifs is 2. The van der Waals surface area contributed by atoms with Gasteiger partial charge in [-0.05, 0) is 47.2 Å². The summed E-state index contributed by atoms with van der Waals surface area (Å²) in [6, 6.07) is 28.1. The highest BCUT2D eigenvalue weighted by atomic mass is 32.1. The van der Waals surface area contributed by atoms with Gasteiger partial charge in [0.15, 0.2) is 5.82 Å². The SMILES string of the molecule is O=c1/c(=C/c2cn(-c3ccccc3)nc2-c2ccc3ccccc3c2)sc2nc(-c3ccncc3)nn12. The summed E-state index contributed by atoms with van der Waals surface area (Å²) in [5.74, 6) is 0.506. The standard InChI is InChI=1S/C29H18N6OS/c36-28-25(37-29-31-27(33-35(28)29)20-12-14-30-15-13-20)17-23-18-34(24-8-2-1-3-9-24)32-26(23)22-11-10-19-6-4-5-7-21(19)16-22/h1-18H/b25-17-. The van der Waals surface area contributed by atoms with Gasteiger partial charge in [0.1, 0.15) is 5.69 Å². The van der Waals surface area contributed by atoms with E-state index in [-0.39, 0.29) is 5.56 Å². The van der Waals surface area contributed by atoms with E-state index >= 15 is 0 Å². The first kappa shape index (κ1) is 21.3. The van der Waals surface area contributed by atoms with Crippen LogP contribution in [0.25, 0.3) is 50.1 Å². The van der Waals surface area contributed by atoms with Crippen molar-refractivity contribution in [1.82, 2.24) is 29.4 Å². The van der Waals surface area contributed by atoms with Crippen LogP contribution in [-0.4, -0.2) is 29.4 Å². The summed E-state index contributed by atoms with van der Waals surface area (Å²) >= 11 is 1.31. The molecule has 0 saturated carbocycles. The molecule has 8 heteroatoms. The largest absolute Gasteiger partial charge is 0.291 e. The van der Waals surface area contributed by atoms with Gasteiger partial charge in [-0.3, -0.25) is 9.78 Å². The van der Waals surface area contributed by atoms with Crippen molar-refractivity contribution in [2.45, 2.75) is 0 Å². The minimum absolute atomic E-state index is 0.204. The highest BCUT2D eigenvalue weighted by Crippen LogP contribution is 2.28. The number of nitrogens with zero attached hydrogens (tertiary/aromatic N) is 6. The molecule has 3 aromatic carbocycles. The zero-order chi connectivity index (χ0) is 24.8. The molecule has 37 heavy (non-hydrogen) atoms. The maximum absolute atomic E-state index is 13.3. The normalized spacial score (nSPS) is 12.1. The second kappa shape index (κ2) is 8.61. The lowest BCUT2D eigenvalue weighted by atomic mass is 10.0. The van der Waals surface area contributed by atoms with Crippen LogP contribution in [0.2, 0.25) is 0 Å². The van der Waals surface area contributed by atoms with E-state index in [2.05, 4.69) is 45.4 Å². The molecule has 0 radical (unpaired) electrons. The first-order valence-corrected chi connectivity index (χ1v) is 12.5. The number of thiazole rings is 1. The zero-order valence-electron chi connectivity index (χ0n) is 19.4. The fourth-order valence-electron chi connectivity index (χ4n) is 4.37. The van der Waals surface area contributed by atoms with Crippen LogP contribution in [-0.2, 0) is 0 Å². The first-order valence-electron chi connectivity index (χ1n) is 11.7. The van der Waals surface area contributed by atoms with Crippen molar-refractivity contribution in [3.8, 4) is 28.3 Å². The Balaban J connectivity index is 1.39. The third kappa shape index (κ3) is 3.80. The molecule has 0 fully saturated rings. The minimum atomic E-state index is -0.204. The fraction of sp³-hybridized carbons (Fsp3) is 0. The van der Waals surface area contributed by atoms with E-state index in [1.165, 1.54) is 15.9 Å². The highest BCUT2D eigenvalue weighted by Gasteiger charge is 2.15. The molecule has 7 nitrogen and oxygen atoms in total. The van der Waals surface area contributed by atoms with Gasteiger partial charge in [-0.1, -0.05) is 65.9 Å². The molecule has 0 aliphatic rings. The Morgan fingerprint density at radius 3 is 2.38 bits per heavy atom. The van der Waals surface area contributed by atoms with E-state index in [0.717, 1.165) is 38.8 Å². The number of rotatable bonds is 4. The van der Waals surface area contributed by atoms with Gasteiger partial charge in [0, 0.05) is 35.3 Å². The van der Waals surface area contributed by atoms with Crippen LogP contribution >= 0.6 is 11.3 Å². The van der Waals surface area contributed by atoms with Crippen molar-refractivity contribution in [2.24, 2.45) is 0 Å². The van der Waals surface area contributed by atoms with E-state index in [9.17, 15) is 4.79 Å². The third-order valence-corrected chi connectivity index (χ3v) is 7.15. The van der Waals surface area contributed by atoms with Crippen LogP contribution in [0.5, 0.6) is 0 Å². The van der Waals surface area contributed by atoms with Crippen molar-refractivity contribution in [1.29, 1.82) is 0 Å². The fourth-order valence-corrected chi connectivity index (χ4v) is 5.26. The lowest BCUT2D eigenvalue weighted by molar-refractivity contribution is 0.884. The smallest absolute Gasteiger partial charge is 0.266 e. The van der Waals surface area contributed by atoms with Crippen molar-refractivity contribution in [3.63, 3.8) is 0 Å². The molecule has 0 saturated heterocycles. The molecule has 0 N–H and O–H groups in total. The van der Waals surface area contributed by atoms with Crippen molar-refractivity contribution < 1.29 is 0 Å². The molecule has 0 amide bonds. The second-order valence-corrected chi connectivity index (χ2v) is 9.57. The molecular formula is C29H18N6OS. The Kier molecular flexibility index (Phi) is 4.97. The van der Waals surface area contributed by atoms with Crippen molar-refractivity contribution in [3.05, 3.63) is 124 Å². The minimum Gasteiger partial charge on any atom is -0.266 e. The maximum atomic E-state index is 13.3. The van der Waals surface area contributed by atoms with Gasteiger partial charge >= 0.3 is 0 Å². The predicted octanol–water partition coefficient (Wildman–Crippen LogP) is 4.77. The van der Waals surface area contributed by atoms with Gasteiger partial charge in [0.25, 0.3) is 5.56 Å². The predicted molar refractivity (Wildman–Crippen MR) is 146 cm³/mol. The van der Waals surface area contributed by atoms with Crippen LogP contribution in [0.1, 0.15) is 5.56 Å². The number of aromatic nitrogens is 6. The average molecular weight is 499 g/mol. The highest BCUT2D eigenvalue weighted by molar-refractivity contribution is 7.15. The number of para-hydroxylation sites is 1. The molecule has 4 aromatic heterocycles. The van der Waals surface area contributed by atoms with E-state index in [4.69, 9.17) is 5.10 Å². The van der Waals surface area contributed by atoms with Crippen molar-refractivity contribution >= 4 is 33.1 Å². The van der Waals surface area contributed by atoms with E-state index in [1.54, 1.807) is 12.4 Å².